The monoisotopic (exact) mass is 496 g/mol. The zero-order chi connectivity index (χ0) is 24.7. The van der Waals surface area contributed by atoms with Crippen LogP contribution in [0.4, 0.5) is 5.00 Å². The number of esters is 2. The topological polar surface area (TPSA) is 93.7 Å². The maximum Gasteiger partial charge on any atom is 0.348 e. The third-order valence-electron chi connectivity index (χ3n) is 4.80. The average molecular weight is 497 g/mol. The van der Waals surface area contributed by atoms with Crippen LogP contribution >= 0.6 is 23.6 Å². The van der Waals surface area contributed by atoms with Crippen LogP contribution in [0.1, 0.15) is 49.8 Å². The molecule has 0 atom stereocenters. The Hall–Kier alpha value is -3.56. The lowest BCUT2D eigenvalue weighted by atomic mass is 10.0. The first-order valence-corrected chi connectivity index (χ1v) is 11.8. The molecule has 0 unspecified atom stereocenters. The van der Waals surface area contributed by atoms with Crippen LogP contribution < -0.4 is 10.6 Å². The van der Waals surface area contributed by atoms with Gasteiger partial charge in [0.15, 0.2) is 5.11 Å². The lowest BCUT2D eigenvalue weighted by Crippen LogP contribution is -2.34. The number of benzene rings is 2. The molecule has 0 spiro atoms. The van der Waals surface area contributed by atoms with Gasteiger partial charge in [0.2, 0.25) is 0 Å². The second kappa shape index (κ2) is 11.5. The molecule has 0 saturated carbocycles. The number of carbonyl (C=O) groups excluding carboxylic acids is 3. The van der Waals surface area contributed by atoms with Gasteiger partial charge in [-0.25, -0.2) is 9.59 Å². The Morgan fingerprint density at radius 2 is 1.47 bits per heavy atom. The molecule has 0 radical (unpaired) electrons. The molecule has 0 aliphatic heterocycles. The standard InChI is InChI=1S/C25H24N2O5S2/c1-4-31-23(29)19-15(3)20(24(30)32-5-2)34-22(19)27-25(33)26-21(28)18-13-11-17(12-14-18)16-9-7-6-8-10-16/h6-14H,4-5H2,1-3H3,(H2,26,27,28,33). The van der Waals surface area contributed by atoms with Gasteiger partial charge < -0.3 is 14.8 Å². The Morgan fingerprint density at radius 3 is 2.09 bits per heavy atom. The van der Waals surface area contributed by atoms with Gasteiger partial charge in [-0.2, -0.15) is 0 Å². The Balaban J connectivity index is 1.75. The van der Waals surface area contributed by atoms with Gasteiger partial charge in [0.05, 0.1) is 18.8 Å². The van der Waals surface area contributed by atoms with E-state index < -0.39 is 17.8 Å². The highest BCUT2D eigenvalue weighted by atomic mass is 32.1. The number of thiocarbonyl (C=S) groups is 1. The van der Waals surface area contributed by atoms with E-state index in [1.54, 1.807) is 32.9 Å². The highest BCUT2D eigenvalue weighted by Crippen LogP contribution is 2.34. The summed E-state index contributed by atoms with van der Waals surface area (Å²) in [6, 6.07) is 16.9. The van der Waals surface area contributed by atoms with Crippen LogP contribution in [0.2, 0.25) is 0 Å². The van der Waals surface area contributed by atoms with Crippen LogP contribution in [0.5, 0.6) is 0 Å². The Labute approximate surface area is 207 Å². The van der Waals surface area contributed by atoms with Crippen molar-refractivity contribution in [1.29, 1.82) is 0 Å². The van der Waals surface area contributed by atoms with E-state index in [9.17, 15) is 14.4 Å². The minimum Gasteiger partial charge on any atom is -0.462 e. The third-order valence-corrected chi connectivity index (χ3v) is 6.19. The van der Waals surface area contributed by atoms with E-state index >= 15 is 0 Å². The van der Waals surface area contributed by atoms with Crippen LogP contribution in [-0.4, -0.2) is 36.2 Å². The van der Waals surface area contributed by atoms with Gasteiger partial charge in [-0.15, -0.1) is 11.3 Å². The van der Waals surface area contributed by atoms with Crippen LogP contribution in [0.3, 0.4) is 0 Å². The number of nitrogens with one attached hydrogen (secondary N) is 2. The van der Waals surface area contributed by atoms with E-state index in [-0.39, 0.29) is 28.8 Å². The maximum absolute atomic E-state index is 12.7. The van der Waals surface area contributed by atoms with Crippen molar-refractivity contribution < 1.29 is 23.9 Å². The molecule has 176 valence electrons. The Morgan fingerprint density at radius 1 is 0.882 bits per heavy atom. The van der Waals surface area contributed by atoms with E-state index in [4.69, 9.17) is 21.7 Å². The normalized spacial score (nSPS) is 10.3. The molecule has 0 fully saturated rings. The minimum absolute atomic E-state index is 0.0145. The summed E-state index contributed by atoms with van der Waals surface area (Å²) in [7, 11) is 0. The minimum atomic E-state index is -0.597. The first-order valence-electron chi connectivity index (χ1n) is 10.6. The first kappa shape index (κ1) is 25.1. The van der Waals surface area contributed by atoms with Crippen molar-refractivity contribution in [3.8, 4) is 11.1 Å². The summed E-state index contributed by atoms with van der Waals surface area (Å²) in [6.07, 6.45) is 0. The smallest absolute Gasteiger partial charge is 0.348 e. The molecular weight excluding hydrogens is 472 g/mol. The molecule has 7 nitrogen and oxygen atoms in total. The van der Waals surface area contributed by atoms with E-state index in [2.05, 4.69) is 10.6 Å². The summed E-state index contributed by atoms with van der Waals surface area (Å²) in [5.74, 6) is -1.55. The summed E-state index contributed by atoms with van der Waals surface area (Å²) in [4.78, 5) is 37.8. The van der Waals surface area contributed by atoms with Crippen LogP contribution in [-0.2, 0) is 9.47 Å². The summed E-state index contributed by atoms with van der Waals surface area (Å²) < 4.78 is 10.2. The number of rotatable bonds is 7. The van der Waals surface area contributed by atoms with E-state index in [0.29, 0.717) is 16.1 Å². The number of amides is 1. The number of ether oxygens (including phenoxy) is 2. The third kappa shape index (κ3) is 5.86. The molecule has 1 aromatic heterocycles. The molecule has 2 aromatic carbocycles. The SMILES string of the molecule is CCOC(=O)c1sc(NC(=S)NC(=O)c2ccc(-c3ccccc3)cc2)c(C(=O)OCC)c1C. The lowest BCUT2D eigenvalue weighted by molar-refractivity contribution is 0.0527. The quantitative estimate of drug-likeness (QED) is 0.343. The lowest BCUT2D eigenvalue weighted by Gasteiger charge is -2.10. The summed E-state index contributed by atoms with van der Waals surface area (Å²) in [5.41, 5.74) is 3.05. The van der Waals surface area contributed by atoms with Crippen LogP contribution in [0, 0.1) is 6.92 Å². The Kier molecular flexibility index (Phi) is 8.50. The first-order chi connectivity index (χ1) is 16.3. The summed E-state index contributed by atoms with van der Waals surface area (Å²) >= 11 is 6.30. The molecule has 0 aliphatic carbocycles. The predicted octanol–water partition coefficient (Wildman–Crippen LogP) is 5.20. The highest BCUT2D eigenvalue weighted by Gasteiger charge is 2.27. The zero-order valence-corrected chi connectivity index (χ0v) is 20.6. The van der Waals surface area contributed by atoms with Crippen molar-refractivity contribution in [2.24, 2.45) is 0 Å². The van der Waals surface area contributed by atoms with Gasteiger partial charge in [0.25, 0.3) is 5.91 Å². The van der Waals surface area contributed by atoms with Gasteiger partial charge in [0.1, 0.15) is 9.88 Å². The molecule has 1 amide bonds. The molecule has 3 aromatic rings. The van der Waals surface area contributed by atoms with Crippen LogP contribution in [0.25, 0.3) is 11.1 Å². The summed E-state index contributed by atoms with van der Waals surface area (Å²) in [5, 5.41) is 5.74. The molecule has 1 heterocycles. The molecule has 0 saturated heterocycles. The number of carbonyl (C=O) groups is 3. The van der Waals surface area contributed by atoms with Gasteiger partial charge in [-0.1, -0.05) is 42.5 Å². The largest absolute Gasteiger partial charge is 0.462 e. The number of anilines is 1. The van der Waals surface area contributed by atoms with Crippen molar-refractivity contribution in [3.63, 3.8) is 0 Å². The van der Waals surface area contributed by atoms with Gasteiger partial charge in [-0.3, -0.25) is 10.1 Å². The van der Waals surface area contributed by atoms with E-state index in [1.165, 1.54) is 0 Å². The molecular formula is C25H24N2O5S2. The molecule has 0 bridgehead atoms. The van der Waals surface area contributed by atoms with Crippen molar-refractivity contribution in [2.45, 2.75) is 20.8 Å². The molecule has 3 rings (SSSR count). The predicted molar refractivity (Wildman–Crippen MR) is 137 cm³/mol. The zero-order valence-electron chi connectivity index (χ0n) is 19.0. The van der Waals surface area contributed by atoms with Crippen LogP contribution in [0.15, 0.2) is 54.6 Å². The molecule has 9 heteroatoms. The number of hydrogen-bond acceptors (Lipinski definition) is 7. The summed E-state index contributed by atoms with van der Waals surface area (Å²) in [6.45, 7) is 5.39. The number of hydrogen-bond donors (Lipinski definition) is 2. The average Bonchev–Trinajstić information content (AvgIpc) is 3.15. The number of thiophene rings is 1. The van der Waals surface area contributed by atoms with Crippen molar-refractivity contribution in [2.75, 3.05) is 18.5 Å². The molecule has 34 heavy (non-hydrogen) atoms. The maximum atomic E-state index is 12.7. The molecule has 2 N–H and O–H groups in total. The fraction of sp³-hybridized carbons (Fsp3) is 0.200. The Bertz CT molecular complexity index is 1200. The highest BCUT2D eigenvalue weighted by molar-refractivity contribution is 7.80. The van der Waals surface area contributed by atoms with Crippen molar-refractivity contribution >= 4 is 51.5 Å². The second-order valence-corrected chi connectivity index (χ2v) is 8.48. The van der Waals surface area contributed by atoms with E-state index in [0.717, 1.165) is 22.5 Å². The fourth-order valence-corrected chi connectivity index (χ4v) is 4.55. The van der Waals surface area contributed by atoms with Gasteiger partial charge in [0, 0.05) is 5.56 Å². The van der Waals surface area contributed by atoms with Crippen molar-refractivity contribution in [3.05, 3.63) is 76.2 Å². The fourth-order valence-electron chi connectivity index (χ4n) is 3.20. The van der Waals surface area contributed by atoms with E-state index in [1.807, 2.05) is 42.5 Å². The van der Waals surface area contributed by atoms with Gasteiger partial charge >= 0.3 is 11.9 Å². The van der Waals surface area contributed by atoms with Crippen molar-refractivity contribution in [1.82, 2.24) is 5.32 Å². The van der Waals surface area contributed by atoms with Gasteiger partial charge in [-0.05, 0) is 61.8 Å². The molecule has 0 aliphatic rings. The second-order valence-electron chi connectivity index (χ2n) is 7.05.